The van der Waals surface area contributed by atoms with E-state index < -0.39 is 3.93 Å². The second-order valence-corrected chi connectivity index (χ2v) is 6.28. The highest BCUT2D eigenvalue weighted by atomic mass is 127. The Morgan fingerprint density at radius 3 is 2.21 bits per heavy atom. The molecule has 0 radical (unpaired) electrons. The average molecular weight is 536 g/mol. The maximum absolute atomic E-state index is 12.7. The van der Waals surface area contributed by atoms with Gasteiger partial charge in [0.15, 0.2) is 0 Å². The topological polar surface area (TPSA) is 0 Å². The SMILES string of the molecule is C=C(/C=C\C(CI)=C(/C)I)C(F)(F)I. The van der Waals surface area contributed by atoms with Crippen LogP contribution in [0.3, 0.4) is 0 Å². The molecule has 0 amide bonds. The summed E-state index contributed by atoms with van der Waals surface area (Å²) in [5.41, 5.74) is 0.881. The fourth-order valence-electron chi connectivity index (χ4n) is 0.547. The third-order valence-corrected chi connectivity index (χ3v) is 3.64. The van der Waals surface area contributed by atoms with Gasteiger partial charge in [-0.1, -0.05) is 41.3 Å². The van der Waals surface area contributed by atoms with E-state index in [0.29, 0.717) is 0 Å². The van der Waals surface area contributed by atoms with E-state index in [1.165, 1.54) is 6.08 Å². The van der Waals surface area contributed by atoms with Crippen molar-refractivity contribution in [3.05, 3.63) is 33.5 Å². The van der Waals surface area contributed by atoms with Crippen molar-refractivity contribution >= 4 is 67.8 Å². The van der Waals surface area contributed by atoms with Gasteiger partial charge in [-0.05, 0) is 38.7 Å². The molecule has 0 aliphatic rings. The van der Waals surface area contributed by atoms with Crippen LogP contribution in [-0.2, 0) is 0 Å². The van der Waals surface area contributed by atoms with Gasteiger partial charge >= 0.3 is 3.93 Å². The fourth-order valence-corrected chi connectivity index (χ4v) is 2.65. The van der Waals surface area contributed by atoms with Crippen LogP contribution in [0.2, 0.25) is 0 Å². The number of allylic oxidation sites excluding steroid dienone is 5. The monoisotopic (exact) mass is 536 g/mol. The lowest BCUT2D eigenvalue weighted by Gasteiger charge is -2.07. The summed E-state index contributed by atoms with van der Waals surface area (Å²) < 4.78 is 24.4. The van der Waals surface area contributed by atoms with Gasteiger partial charge in [0.2, 0.25) is 0 Å². The van der Waals surface area contributed by atoms with Gasteiger partial charge in [0.1, 0.15) is 0 Å². The van der Waals surface area contributed by atoms with Crippen LogP contribution >= 0.6 is 67.8 Å². The van der Waals surface area contributed by atoms with Gasteiger partial charge in [-0.25, -0.2) is 0 Å². The molecule has 0 heterocycles. The standard InChI is InChI=1S/C9H9F2I3/c1-6(9(10,11)14)3-4-8(5-12)7(2)13/h3-4H,1,5H2,2H3/b4-3-,8-7-. The minimum Gasteiger partial charge on any atom is -0.189 e. The van der Waals surface area contributed by atoms with Crippen molar-refractivity contribution < 1.29 is 8.78 Å². The molecule has 0 bridgehead atoms. The number of rotatable bonds is 4. The van der Waals surface area contributed by atoms with Crippen molar-refractivity contribution in [2.24, 2.45) is 0 Å². The Hall–Kier alpha value is 1.27. The summed E-state index contributed by atoms with van der Waals surface area (Å²) in [6.45, 7) is 5.27. The molecule has 0 aromatic carbocycles. The lowest BCUT2D eigenvalue weighted by Crippen LogP contribution is -2.05. The van der Waals surface area contributed by atoms with Crippen LogP contribution in [0.4, 0.5) is 8.78 Å². The van der Waals surface area contributed by atoms with Crippen LogP contribution < -0.4 is 0 Å². The fraction of sp³-hybridized carbons (Fsp3) is 0.333. The molecule has 0 rings (SSSR count). The van der Waals surface area contributed by atoms with Gasteiger partial charge in [-0.3, -0.25) is 0 Å². The zero-order valence-electron chi connectivity index (χ0n) is 7.46. The minimum absolute atomic E-state index is 0.168. The van der Waals surface area contributed by atoms with Crippen molar-refractivity contribution in [1.82, 2.24) is 0 Å². The van der Waals surface area contributed by atoms with Crippen molar-refractivity contribution in [3.8, 4) is 0 Å². The Balaban J connectivity index is 4.61. The third-order valence-electron chi connectivity index (χ3n) is 1.44. The summed E-state index contributed by atoms with van der Waals surface area (Å²) in [5.74, 6) is 0. The Labute approximate surface area is 124 Å². The molecule has 0 aliphatic carbocycles. The van der Waals surface area contributed by atoms with E-state index in [4.69, 9.17) is 0 Å². The van der Waals surface area contributed by atoms with E-state index in [1.807, 2.05) is 6.92 Å². The summed E-state index contributed by atoms with van der Waals surface area (Å²) in [7, 11) is 0. The molecule has 0 spiro atoms. The first kappa shape index (κ1) is 15.3. The molecule has 0 saturated carbocycles. The molecule has 14 heavy (non-hydrogen) atoms. The maximum atomic E-state index is 12.7. The van der Waals surface area contributed by atoms with Gasteiger partial charge in [0, 0.05) is 32.6 Å². The molecule has 0 aliphatic heterocycles. The molecule has 0 fully saturated rings. The predicted molar refractivity (Wildman–Crippen MR) is 82.9 cm³/mol. The van der Waals surface area contributed by atoms with E-state index in [2.05, 4.69) is 51.8 Å². The van der Waals surface area contributed by atoms with Crippen molar-refractivity contribution in [1.29, 1.82) is 0 Å². The highest BCUT2D eigenvalue weighted by Crippen LogP contribution is 2.31. The summed E-state index contributed by atoms with van der Waals surface area (Å²) >= 11 is 5.45. The average Bonchev–Trinajstić information content (AvgIpc) is 2.02. The van der Waals surface area contributed by atoms with Crippen LogP contribution in [0.1, 0.15) is 6.92 Å². The van der Waals surface area contributed by atoms with Crippen molar-refractivity contribution in [3.63, 3.8) is 0 Å². The summed E-state index contributed by atoms with van der Waals surface area (Å²) in [6.07, 6.45) is 3.08. The Kier molecular flexibility index (Phi) is 7.38. The van der Waals surface area contributed by atoms with Crippen molar-refractivity contribution in [2.45, 2.75) is 10.9 Å². The van der Waals surface area contributed by atoms with Crippen LogP contribution in [0.25, 0.3) is 0 Å². The number of hydrogen-bond donors (Lipinski definition) is 0. The second-order valence-electron chi connectivity index (χ2n) is 2.55. The number of alkyl halides is 4. The van der Waals surface area contributed by atoms with E-state index in [9.17, 15) is 8.78 Å². The Bertz CT molecular complexity index is 270. The number of halogens is 5. The lowest BCUT2D eigenvalue weighted by molar-refractivity contribution is 0.174. The minimum atomic E-state index is -2.86. The van der Waals surface area contributed by atoms with Gasteiger partial charge in [-0.2, -0.15) is 8.78 Å². The largest absolute Gasteiger partial charge is 0.321 e. The van der Waals surface area contributed by atoms with E-state index in [1.54, 1.807) is 6.08 Å². The van der Waals surface area contributed by atoms with Crippen LogP contribution in [0, 0.1) is 0 Å². The molecule has 0 aromatic rings. The second kappa shape index (κ2) is 6.77. The van der Waals surface area contributed by atoms with Gasteiger partial charge < -0.3 is 0 Å². The van der Waals surface area contributed by atoms with Crippen molar-refractivity contribution in [2.75, 3.05) is 4.43 Å². The molecule has 0 unspecified atom stereocenters. The molecular formula is C9H9F2I3. The number of hydrogen-bond acceptors (Lipinski definition) is 0. The molecule has 5 heteroatoms. The summed E-state index contributed by atoms with van der Waals surface area (Å²) in [6, 6.07) is 0. The van der Waals surface area contributed by atoms with E-state index >= 15 is 0 Å². The molecular weight excluding hydrogens is 527 g/mol. The van der Waals surface area contributed by atoms with Gasteiger partial charge in [-0.15, -0.1) is 0 Å². The van der Waals surface area contributed by atoms with E-state index in [-0.39, 0.29) is 5.57 Å². The highest BCUT2D eigenvalue weighted by Gasteiger charge is 2.25. The quantitative estimate of drug-likeness (QED) is 0.261. The molecule has 0 aromatic heterocycles. The Morgan fingerprint density at radius 2 is 1.93 bits per heavy atom. The van der Waals surface area contributed by atoms with E-state index in [0.717, 1.165) is 36.2 Å². The molecule has 0 atom stereocenters. The van der Waals surface area contributed by atoms with Gasteiger partial charge in [0.25, 0.3) is 0 Å². The molecule has 0 saturated heterocycles. The van der Waals surface area contributed by atoms with Crippen LogP contribution in [0.5, 0.6) is 0 Å². The molecule has 0 nitrogen and oxygen atoms in total. The summed E-state index contributed by atoms with van der Waals surface area (Å²) in [5, 5.41) is 0. The van der Waals surface area contributed by atoms with Crippen LogP contribution in [-0.4, -0.2) is 8.36 Å². The van der Waals surface area contributed by atoms with Gasteiger partial charge in [0.05, 0.1) is 0 Å². The highest BCUT2D eigenvalue weighted by molar-refractivity contribution is 14.1. The normalized spacial score (nSPS) is 14.4. The Morgan fingerprint density at radius 1 is 1.43 bits per heavy atom. The zero-order valence-corrected chi connectivity index (χ0v) is 13.9. The molecule has 0 N–H and O–H groups in total. The predicted octanol–water partition coefficient (Wildman–Crippen LogP) is 5.27. The maximum Gasteiger partial charge on any atom is 0.321 e. The first-order chi connectivity index (χ1) is 6.29. The lowest BCUT2D eigenvalue weighted by atomic mass is 10.2. The molecule has 80 valence electrons. The zero-order chi connectivity index (χ0) is 11.4. The smallest absolute Gasteiger partial charge is 0.189 e. The first-order valence-electron chi connectivity index (χ1n) is 3.64. The third kappa shape index (κ3) is 5.99. The first-order valence-corrected chi connectivity index (χ1v) is 7.32. The summed E-state index contributed by atoms with van der Waals surface area (Å²) in [4.78, 5) is 0. The van der Waals surface area contributed by atoms with Crippen LogP contribution in [0.15, 0.2) is 33.5 Å².